The molecule has 0 bridgehead atoms. The summed E-state index contributed by atoms with van der Waals surface area (Å²) in [4.78, 5) is 14.3. The van der Waals surface area contributed by atoms with Crippen LogP contribution in [0, 0.1) is 5.92 Å². The van der Waals surface area contributed by atoms with Crippen molar-refractivity contribution in [3.05, 3.63) is 35.9 Å². The molecule has 1 aliphatic heterocycles. The van der Waals surface area contributed by atoms with Crippen LogP contribution in [0.3, 0.4) is 0 Å². The highest BCUT2D eigenvalue weighted by molar-refractivity contribution is 5.85. The highest BCUT2D eigenvalue weighted by atomic mass is 35.5. The van der Waals surface area contributed by atoms with E-state index in [2.05, 4.69) is 37.9 Å². The fourth-order valence-corrected chi connectivity index (χ4v) is 3.15. The minimum absolute atomic E-state index is 0. The quantitative estimate of drug-likeness (QED) is 0.799. The Hall–Kier alpha value is -1.06. The van der Waals surface area contributed by atoms with Crippen molar-refractivity contribution in [1.82, 2.24) is 4.90 Å². The van der Waals surface area contributed by atoms with E-state index in [4.69, 9.17) is 4.74 Å². The van der Waals surface area contributed by atoms with Gasteiger partial charge in [-0.05, 0) is 19.5 Å². The van der Waals surface area contributed by atoms with Gasteiger partial charge in [-0.2, -0.15) is 0 Å². The summed E-state index contributed by atoms with van der Waals surface area (Å²) in [6.45, 7) is 7.19. The molecule has 2 rings (SSSR count). The smallest absolute Gasteiger partial charge is 0.306 e. The first-order valence-electron chi connectivity index (χ1n) is 7.49. The van der Waals surface area contributed by atoms with Crippen molar-refractivity contribution in [3.8, 4) is 0 Å². The van der Waals surface area contributed by atoms with E-state index in [0.29, 0.717) is 12.5 Å². The van der Waals surface area contributed by atoms with Gasteiger partial charge in [-0.25, -0.2) is 0 Å². The van der Waals surface area contributed by atoms with E-state index >= 15 is 0 Å². The molecule has 3 nitrogen and oxygen atoms in total. The van der Waals surface area contributed by atoms with E-state index in [-0.39, 0.29) is 24.3 Å². The van der Waals surface area contributed by atoms with Crippen molar-refractivity contribution in [1.29, 1.82) is 0 Å². The second-order valence-corrected chi connectivity index (χ2v) is 5.84. The van der Waals surface area contributed by atoms with Gasteiger partial charge in [0, 0.05) is 31.3 Å². The largest absolute Gasteiger partial charge is 0.454 e. The van der Waals surface area contributed by atoms with Crippen molar-refractivity contribution in [2.45, 2.75) is 45.3 Å². The van der Waals surface area contributed by atoms with E-state index in [1.807, 2.05) is 25.1 Å². The van der Waals surface area contributed by atoms with E-state index in [9.17, 15) is 4.79 Å². The normalized spacial score (nSPS) is 29.5. The van der Waals surface area contributed by atoms with Crippen molar-refractivity contribution < 1.29 is 9.53 Å². The van der Waals surface area contributed by atoms with Crippen molar-refractivity contribution >= 4 is 18.4 Å². The maximum Gasteiger partial charge on any atom is 0.306 e. The molecule has 4 heteroatoms. The van der Waals surface area contributed by atoms with Gasteiger partial charge < -0.3 is 9.64 Å². The molecule has 0 radical (unpaired) electrons. The number of carbonyl (C=O) groups excluding carboxylic acids is 1. The van der Waals surface area contributed by atoms with E-state index < -0.39 is 5.60 Å². The topological polar surface area (TPSA) is 29.5 Å². The van der Waals surface area contributed by atoms with Crippen LogP contribution in [-0.4, -0.2) is 30.5 Å². The average Bonchev–Trinajstić information content (AvgIpc) is 2.49. The van der Waals surface area contributed by atoms with Crippen LogP contribution in [-0.2, 0) is 15.1 Å². The highest BCUT2D eigenvalue weighted by Crippen LogP contribution is 2.43. The molecule has 1 aliphatic rings. The van der Waals surface area contributed by atoms with Crippen LogP contribution in [0.2, 0.25) is 0 Å². The number of halogens is 1. The minimum Gasteiger partial charge on any atom is -0.454 e. The Balaban J connectivity index is 0.00000220. The van der Waals surface area contributed by atoms with E-state index in [0.717, 1.165) is 18.5 Å². The van der Waals surface area contributed by atoms with Gasteiger partial charge in [0.15, 0.2) is 0 Å². The second-order valence-electron chi connectivity index (χ2n) is 5.84. The standard InChI is InChI=1S/C17H25NO2.ClH/c1-5-16(19)20-17(15-9-7-6-8-10-15)11-12-18(4)14(3)13(17)2;/h6-10,13-14H,5,11-12H2,1-4H3;1H. The maximum atomic E-state index is 12.0. The average molecular weight is 312 g/mol. The molecule has 1 fully saturated rings. The number of piperidine rings is 1. The summed E-state index contributed by atoms with van der Waals surface area (Å²) < 4.78 is 5.98. The van der Waals surface area contributed by atoms with E-state index in [1.165, 1.54) is 0 Å². The number of hydrogen-bond donors (Lipinski definition) is 0. The first-order valence-corrected chi connectivity index (χ1v) is 7.49. The molecule has 0 saturated carbocycles. The molecule has 21 heavy (non-hydrogen) atoms. The fourth-order valence-electron chi connectivity index (χ4n) is 3.15. The molecule has 1 aromatic carbocycles. The summed E-state index contributed by atoms with van der Waals surface area (Å²) in [6.07, 6.45) is 1.27. The summed E-state index contributed by atoms with van der Waals surface area (Å²) >= 11 is 0. The minimum atomic E-state index is -0.486. The summed E-state index contributed by atoms with van der Waals surface area (Å²) in [7, 11) is 2.14. The van der Waals surface area contributed by atoms with Gasteiger partial charge in [0.2, 0.25) is 0 Å². The van der Waals surface area contributed by atoms with Crippen molar-refractivity contribution in [3.63, 3.8) is 0 Å². The van der Waals surface area contributed by atoms with Crippen molar-refractivity contribution in [2.24, 2.45) is 5.92 Å². The number of rotatable bonds is 3. The Bertz CT molecular complexity index is 465. The Kier molecular flexibility index (Phi) is 6.24. The number of nitrogens with zero attached hydrogens (tertiary/aromatic N) is 1. The molecule has 0 amide bonds. The van der Waals surface area contributed by atoms with Crippen LogP contribution in [0.5, 0.6) is 0 Å². The second kappa shape index (κ2) is 7.28. The van der Waals surface area contributed by atoms with Gasteiger partial charge in [0.05, 0.1) is 0 Å². The molecule has 0 aromatic heterocycles. The van der Waals surface area contributed by atoms with Gasteiger partial charge in [0.25, 0.3) is 0 Å². The van der Waals surface area contributed by atoms with Gasteiger partial charge in [0.1, 0.15) is 5.60 Å². The molecule has 0 N–H and O–H groups in total. The van der Waals surface area contributed by atoms with Gasteiger partial charge in [-0.3, -0.25) is 4.79 Å². The monoisotopic (exact) mass is 311 g/mol. The lowest BCUT2D eigenvalue weighted by molar-refractivity contribution is -0.178. The zero-order valence-corrected chi connectivity index (χ0v) is 14.2. The molecule has 1 heterocycles. The Labute approximate surface area is 134 Å². The Morgan fingerprint density at radius 2 is 1.95 bits per heavy atom. The van der Waals surface area contributed by atoms with Gasteiger partial charge in [-0.1, -0.05) is 44.2 Å². The number of benzene rings is 1. The predicted octanol–water partition coefficient (Wildman–Crippen LogP) is 3.62. The molecule has 1 aromatic rings. The molecular formula is C17H26ClNO2. The van der Waals surface area contributed by atoms with E-state index in [1.54, 1.807) is 0 Å². The lowest BCUT2D eigenvalue weighted by Crippen LogP contribution is -2.54. The highest BCUT2D eigenvalue weighted by Gasteiger charge is 2.47. The molecular weight excluding hydrogens is 286 g/mol. The third-order valence-electron chi connectivity index (χ3n) is 4.84. The summed E-state index contributed by atoms with van der Waals surface area (Å²) in [5.41, 5.74) is 0.634. The van der Waals surface area contributed by atoms with Crippen LogP contribution >= 0.6 is 12.4 Å². The van der Waals surface area contributed by atoms with Crippen molar-refractivity contribution in [2.75, 3.05) is 13.6 Å². The molecule has 3 unspecified atom stereocenters. The number of likely N-dealkylation sites (tertiary alicyclic amines) is 1. The fraction of sp³-hybridized carbons (Fsp3) is 0.588. The lowest BCUT2D eigenvalue weighted by atomic mass is 9.73. The molecule has 3 atom stereocenters. The number of hydrogen-bond acceptors (Lipinski definition) is 3. The number of esters is 1. The molecule has 0 spiro atoms. The summed E-state index contributed by atoms with van der Waals surface area (Å²) in [5, 5.41) is 0. The zero-order chi connectivity index (χ0) is 14.8. The molecule has 118 valence electrons. The third kappa shape index (κ3) is 3.41. The SMILES string of the molecule is CCC(=O)OC1(c2ccccc2)CCN(C)C(C)C1C.Cl. The van der Waals surface area contributed by atoms with Crippen LogP contribution in [0.15, 0.2) is 30.3 Å². The molecule has 1 saturated heterocycles. The summed E-state index contributed by atoms with van der Waals surface area (Å²) in [5.74, 6) is 0.150. The van der Waals surface area contributed by atoms with Gasteiger partial charge >= 0.3 is 5.97 Å². The maximum absolute atomic E-state index is 12.0. The summed E-state index contributed by atoms with van der Waals surface area (Å²) in [6, 6.07) is 10.6. The first kappa shape index (κ1) is 18.0. The Morgan fingerprint density at radius 1 is 1.33 bits per heavy atom. The number of carbonyl (C=O) groups is 1. The van der Waals surface area contributed by atoms with Crippen LogP contribution in [0.25, 0.3) is 0 Å². The van der Waals surface area contributed by atoms with Crippen LogP contribution < -0.4 is 0 Å². The molecule has 0 aliphatic carbocycles. The predicted molar refractivity (Wildman–Crippen MR) is 87.6 cm³/mol. The van der Waals surface area contributed by atoms with Crippen LogP contribution in [0.1, 0.15) is 39.2 Å². The Morgan fingerprint density at radius 3 is 2.52 bits per heavy atom. The third-order valence-corrected chi connectivity index (χ3v) is 4.84. The lowest BCUT2D eigenvalue weighted by Gasteiger charge is -2.49. The first-order chi connectivity index (χ1) is 9.51. The van der Waals surface area contributed by atoms with Gasteiger partial charge in [-0.15, -0.1) is 12.4 Å². The number of ether oxygens (including phenoxy) is 1. The zero-order valence-electron chi connectivity index (χ0n) is 13.3. The van der Waals surface area contributed by atoms with Crippen LogP contribution in [0.4, 0.5) is 0 Å².